The highest BCUT2D eigenvalue weighted by molar-refractivity contribution is 7.89. The Morgan fingerprint density at radius 1 is 0.938 bits per heavy atom. The molecule has 8 heteroatoms. The number of halogens is 1. The van der Waals surface area contributed by atoms with Gasteiger partial charge in [0.15, 0.2) is 0 Å². The standard InChI is InChI=1S/C24H24ClN3O3S/c25-20-4-1-18-15-22(6-3-17(18)13-20)32(30,31)27-23-9-12-28(24(23)29)21-5-2-16-7-10-26-11-8-19(16)14-21/h1-6,13-15,23,26-27H,7-12H2/t23-/m0/s1. The van der Waals surface area contributed by atoms with Gasteiger partial charge < -0.3 is 10.2 Å². The Labute approximate surface area is 192 Å². The van der Waals surface area contributed by atoms with Crippen molar-refractivity contribution in [3.05, 3.63) is 70.7 Å². The second-order valence-corrected chi connectivity index (χ2v) is 10.5. The van der Waals surface area contributed by atoms with Crippen molar-refractivity contribution >= 4 is 44.0 Å². The van der Waals surface area contributed by atoms with Gasteiger partial charge in [0.25, 0.3) is 0 Å². The third-order valence-electron chi connectivity index (χ3n) is 6.23. The third-order valence-corrected chi connectivity index (χ3v) is 7.94. The van der Waals surface area contributed by atoms with Crippen molar-refractivity contribution in [1.82, 2.24) is 10.0 Å². The minimum Gasteiger partial charge on any atom is -0.316 e. The van der Waals surface area contributed by atoms with Crippen molar-refractivity contribution in [1.29, 1.82) is 0 Å². The molecule has 5 rings (SSSR count). The van der Waals surface area contributed by atoms with E-state index < -0.39 is 16.1 Å². The summed E-state index contributed by atoms with van der Waals surface area (Å²) in [5, 5.41) is 5.62. The average molecular weight is 470 g/mol. The molecule has 0 unspecified atom stereocenters. The van der Waals surface area contributed by atoms with E-state index >= 15 is 0 Å². The van der Waals surface area contributed by atoms with Gasteiger partial charge in [-0.3, -0.25) is 4.79 Å². The van der Waals surface area contributed by atoms with Gasteiger partial charge in [0.1, 0.15) is 6.04 Å². The zero-order valence-corrected chi connectivity index (χ0v) is 19.0. The number of sulfonamides is 1. The van der Waals surface area contributed by atoms with E-state index in [0.29, 0.717) is 18.0 Å². The molecular weight excluding hydrogens is 446 g/mol. The first-order chi connectivity index (χ1) is 15.4. The molecule has 2 N–H and O–H groups in total. The molecule has 166 valence electrons. The van der Waals surface area contributed by atoms with E-state index in [2.05, 4.69) is 22.2 Å². The van der Waals surface area contributed by atoms with E-state index in [-0.39, 0.29) is 10.8 Å². The number of carbonyl (C=O) groups is 1. The van der Waals surface area contributed by atoms with Gasteiger partial charge in [0, 0.05) is 17.3 Å². The molecular formula is C24H24ClN3O3S. The minimum absolute atomic E-state index is 0.135. The van der Waals surface area contributed by atoms with Gasteiger partial charge in [-0.25, -0.2) is 8.42 Å². The summed E-state index contributed by atoms with van der Waals surface area (Å²) >= 11 is 6.01. The summed E-state index contributed by atoms with van der Waals surface area (Å²) in [5.74, 6) is -0.215. The van der Waals surface area contributed by atoms with Gasteiger partial charge in [0.2, 0.25) is 15.9 Å². The smallest absolute Gasteiger partial charge is 0.245 e. The van der Waals surface area contributed by atoms with Gasteiger partial charge in [-0.1, -0.05) is 29.8 Å². The lowest BCUT2D eigenvalue weighted by Gasteiger charge is -2.19. The Balaban J connectivity index is 1.35. The fourth-order valence-corrected chi connectivity index (χ4v) is 5.93. The number of benzene rings is 3. The molecule has 3 aromatic carbocycles. The van der Waals surface area contributed by atoms with E-state index in [9.17, 15) is 13.2 Å². The lowest BCUT2D eigenvalue weighted by molar-refractivity contribution is -0.118. The molecule has 2 aliphatic heterocycles. The van der Waals surface area contributed by atoms with E-state index in [0.717, 1.165) is 42.4 Å². The number of carbonyl (C=O) groups excluding carboxylic acids is 1. The van der Waals surface area contributed by atoms with Crippen LogP contribution in [0.25, 0.3) is 10.8 Å². The molecule has 32 heavy (non-hydrogen) atoms. The number of hydrogen-bond donors (Lipinski definition) is 2. The fourth-order valence-electron chi connectivity index (χ4n) is 4.49. The highest BCUT2D eigenvalue weighted by Crippen LogP contribution is 2.27. The summed E-state index contributed by atoms with van der Waals surface area (Å²) in [6.07, 6.45) is 2.33. The zero-order chi connectivity index (χ0) is 22.3. The first-order valence-corrected chi connectivity index (χ1v) is 12.6. The summed E-state index contributed by atoms with van der Waals surface area (Å²) < 4.78 is 28.6. The van der Waals surface area contributed by atoms with Crippen LogP contribution in [0, 0.1) is 0 Å². The molecule has 0 aliphatic carbocycles. The Hall–Kier alpha value is -2.45. The van der Waals surface area contributed by atoms with Crippen LogP contribution in [0.15, 0.2) is 59.5 Å². The highest BCUT2D eigenvalue weighted by Gasteiger charge is 2.36. The molecule has 6 nitrogen and oxygen atoms in total. The molecule has 3 aromatic rings. The molecule has 0 aromatic heterocycles. The maximum Gasteiger partial charge on any atom is 0.245 e. The number of nitrogens with one attached hydrogen (secondary N) is 2. The van der Waals surface area contributed by atoms with Gasteiger partial charge >= 0.3 is 0 Å². The summed E-state index contributed by atoms with van der Waals surface area (Å²) in [7, 11) is -3.84. The van der Waals surface area contributed by atoms with Crippen molar-refractivity contribution in [2.45, 2.75) is 30.2 Å². The molecule has 2 heterocycles. The van der Waals surface area contributed by atoms with Crippen LogP contribution in [0.5, 0.6) is 0 Å². The SMILES string of the molecule is O=C1[C@@H](NS(=O)(=O)c2ccc3cc(Cl)ccc3c2)CCN1c1ccc2c(c1)CCNCC2. The zero-order valence-electron chi connectivity index (χ0n) is 17.5. The molecule has 0 saturated carbocycles. The first-order valence-electron chi connectivity index (χ1n) is 10.8. The number of nitrogens with zero attached hydrogens (tertiary/aromatic N) is 1. The largest absolute Gasteiger partial charge is 0.316 e. The second kappa shape index (κ2) is 8.48. The van der Waals surface area contributed by atoms with Crippen LogP contribution in [0.1, 0.15) is 17.5 Å². The van der Waals surface area contributed by atoms with Gasteiger partial charge in [-0.15, -0.1) is 0 Å². The van der Waals surface area contributed by atoms with Crippen molar-refractivity contribution in [3.8, 4) is 0 Å². The minimum atomic E-state index is -3.84. The van der Waals surface area contributed by atoms with E-state index in [1.54, 1.807) is 41.3 Å². The molecule has 1 fully saturated rings. The van der Waals surface area contributed by atoms with Crippen molar-refractivity contribution in [2.75, 3.05) is 24.5 Å². The Morgan fingerprint density at radius 2 is 1.69 bits per heavy atom. The van der Waals surface area contributed by atoms with Crippen LogP contribution in [0.2, 0.25) is 5.02 Å². The van der Waals surface area contributed by atoms with Crippen LogP contribution in [-0.2, 0) is 27.7 Å². The molecule has 1 saturated heterocycles. The number of rotatable bonds is 4. The second-order valence-electron chi connectivity index (χ2n) is 8.31. The first kappa shape index (κ1) is 21.4. The molecule has 2 aliphatic rings. The maximum absolute atomic E-state index is 13.1. The number of fused-ring (bicyclic) bond motifs is 2. The lowest BCUT2D eigenvalue weighted by Crippen LogP contribution is -2.41. The quantitative estimate of drug-likeness (QED) is 0.614. The van der Waals surface area contributed by atoms with Crippen LogP contribution in [0.4, 0.5) is 5.69 Å². The highest BCUT2D eigenvalue weighted by atomic mass is 35.5. The van der Waals surface area contributed by atoms with E-state index in [1.165, 1.54) is 11.1 Å². The molecule has 1 atom stereocenters. The number of hydrogen-bond acceptors (Lipinski definition) is 4. The van der Waals surface area contributed by atoms with Crippen LogP contribution in [-0.4, -0.2) is 40.0 Å². The van der Waals surface area contributed by atoms with Crippen molar-refractivity contribution < 1.29 is 13.2 Å². The van der Waals surface area contributed by atoms with Crippen molar-refractivity contribution in [2.24, 2.45) is 0 Å². The average Bonchev–Trinajstić information content (AvgIpc) is 2.98. The summed E-state index contributed by atoms with van der Waals surface area (Å²) in [4.78, 5) is 14.9. The Kier molecular flexibility index (Phi) is 5.67. The monoisotopic (exact) mass is 469 g/mol. The molecule has 0 spiro atoms. The van der Waals surface area contributed by atoms with Crippen molar-refractivity contribution in [3.63, 3.8) is 0 Å². The predicted molar refractivity (Wildman–Crippen MR) is 127 cm³/mol. The Morgan fingerprint density at radius 3 is 2.53 bits per heavy atom. The predicted octanol–water partition coefficient (Wildman–Crippen LogP) is 3.27. The Bertz CT molecular complexity index is 1310. The number of amides is 1. The number of anilines is 1. The third kappa shape index (κ3) is 4.13. The van der Waals surface area contributed by atoms with Crippen LogP contribution < -0.4 is 14.9 Å². The van der Waals surface area contributed by atoms with Gasteiger partial charge in [-0.2, -0.15) is 4.72 Å². The summed E-state index contributed by atoms with van der Waals surface area (Å²) in [6.45, 7) is 2.37. The topological polar surface area (TPSA) is 78.5 Å². The van der Waals surface area contributed by atoms with E-state index in [4.69, 9.17) is 11.6 Å². The lowest BCUT2D eigenvalue weighted by atomic mass is 10.0. The molecule has 0 bridgehead atoms. The van der Waals surface area contributed by atoms with Crippen LogP contribution in [0.3, 0.4) is 0 Å². The van der Waals surface area contributed by atoms with Gasteiger partial charge in [0.05, 0.1) is 4.90 Å². The summed E-state index contributed by atoms with van der Waals surface area (Å²) in [5.41, 5.74) is 3.39. The van der Waals surface area contributed by atoms with Gasteiger partial charge in [-0.05, 0) is 90.6 Å². The fraction of sp³-hybridized carbons (Fsp3) is 0.292. The normalized spacial score (nSPS) is 19.2. The maximum atomic E-state index is 13.1. The summed E-state index contributed by atoms with van der Waals surface area (Å²) in [6, 6.07) is 15.5. The molecule has 1 amide bonds. The van der Waals surface area contributed by atoms with Crippen LogP contribution >= 0.6 is 11.6 Å². The molecule has 0 radical (unpaired) electrons. The van der Waals surface area contributed by atoms with E-state index in [1.807, 2.05) is 6.07 Å².